The van der Waals surface area contributed by atoms with Crippen molar-refractivity contribution in [2.24, 2.45) is 4.99 Å². The summed E-state index contributed by atoms with van der Waals surface area (Å²) in [6.45, 7) is 6.75. The summed E-state index contributed by atoms with van der Waals surface area (Å²) in [5.41, 5.74) is 0.945. The SMILES string of the molecule is CCNC(=NCc1ccc(OC)c(O)c1)N1CCC(OCCCOC)CC1.I. The molecule has 0 radical (unpaired) electrons. The Hall–Kier alpha value is -1.26. The van der Waals surface area contributed by atoms with Gasteiger partial charge in [-0.15, -0.1) is 24.0 Å². The molecule has 28 heavy (non-hydrogen) atoms. The summed E-state index contributed by atoms with van der Waals surface area (Å²) in [5.74, 6) is 1.52. The van der Waals surface area contributed by atoms with Crippen molar-refractivity contribution >= 4 is 29.9 Å². The molecule has 1 saturated heterocycles. The van der Waals surface area contributed by atoms with E-state index in [0.29, 0.717) is 18.4 Å². The topological polar surface area (TPSA) is 75.6 Å². The predicted molar refractivity (Wildman–Crippen MR) is 122 cm³/mol. The molecule has 1 aliphatic rings. The highest BCUT2D eigenvalue weighted by Crippen LogP contribution is 2.26. The number of ether oxygens (including phenoxy) is 3. The lowest BCUT2D eigenvalue weighted by Crippen LogP contribution is -2.47. The number of aliphatic imine (C=N–C) groups is 1. The fourth-order valence-electron chi connectivity index (χ4n) is 3.11. The molecule has 1 heterocycles. The van der Waals surface area contributed by atoms with Crippen molar-refractivity contribution in [1.82, 2.24) is 10.2 Å². The second-order valence-electron chi connectivity index (χ2n) is 6.58. The van der Waals surface area contributed by atoms with Gasteiger partial charge in [0.1, 0.15) is 0 Å². The van der Waals surface area contributed by atoms with E-state index in [-0.39, 0.29) is 29.7 Å². The molecule has 0 amide bonds. The molecule has 8 heteroatoms. The van der Waals surface area contributed by atoms with Crippen molar-refractivity contribution in [2.75, 3.05) is 47.1 Å². The Morgan fingerprint density at radius 1 is 1.25 bits per heavy atom. The van der Waals surface area contributed by atoms with Crippen molar-refractivity contribution in [3.05, 3.63) is 23.8 Å². The molecule has 0 saturated carbocycles. The lowest BCUT2D eigenvalue weighted by atomic mass is 10.1. The number of nitrogens with one attached hydrogen (secondary N) is 1. The van der Waals surface area contributed by atoms with Gasteiger partial charge in [-0.05, 0) is 43.9 Å². The zero-order valence-corrected chi connectivity index (χ0v) is 19.5. The van der Waals surface area contributed by atoms with Crippen LogP contribution in [0.2, 0.25) is 0 Å². The van der Waals surface area contributed by atoms with Crippen LogP contribution in [0.3, 0.4) is 0 Å². The third-order valence-corrected chi connectivity index (χ3v) is 4.58. The van der Waals surface area contributed by atoms with Crippen LogP contribution in [-0.4, -0.2) is 69.1 Å². The Morgan fingerprint density at radius 3 is 2.61 bits per heavy atom. The first-order valence-corrected chi connectivity index (χ1v) is 9.67. The van der Waals surface area contributed by atoms with Gasteiger partial charge in [-0.25, -0.2) is 4.99 Å². The number of hydrogen-bond acceptors (Lipinski definition) is 5. The van der Waals surface area contributed by atoms with Gasteiger partial charge >= 0.3 is 0 Å². The molecule has 0 unspecified atom stereocenters. The molecule has 0 spiro atoms. The van der Waals surface area contributed by atoms with Gasteiger partial charge in [0, 0.05) is 40.0 Å². The number of nitrogens with zero attached hydrogens (tertiary/aromatic N) is 2. The minimum absolute atomic E-state index is 0. The van der Waals surface area contributed by atoms with Crippen LogP contribution in [0.25, 0.3) is 0 Å². The molecule has 1 aromatic carbocycles. The highest BCUT2D eigenvalue weighted by molar-refractivity contribution is 14.0. The zero-order chi connectivity index (χ0) is 19.5. The number of aromatic hydroxyl groups is 1. The second kappa shape index (κ2) is 13.8. The standard InChI is InChI=1S/C20H33N3O4.HI/c1-4-21-20(22-15-16-6-7-19(26-3)18(24)14-16)23-10-8-17(9-11-23)27-13-5-12-25-2;/h6-7,14,17,24H,4-5,8-13,15H2,1-3H3,(H,21,22);1H. The van der Waals surface area contributed by atoms with Crippen LogP contribution < -0.4 is 10.1 Å². The van der Waals surface area contributed by atoms with E-state index in [2.05, 4.69) is 17.1 Å². The van der Waals surface area contributed by atoms with E-state index in [1.54, 1.807) is 26.4 Å². The zero-order valence-electron chi connectivity index (χ0n) is 17.1. The van der Waals surface area contributed by atoms with Crippen molar-refractivity contribution in [1.29, 1.82) is 0 Å². The third-order valence-electron chi connectivity index (χ3n) is 4.58. The van der Waals surface area contributed by atoms with E-state index in [9.17, 15) is 5.11 Å². The van der Waals surface area contributed by atoms with E-state index < -0.39 is 0 Å². The van der Waals surface area contributed by atoms with Crippen LogP contribution in [0.1, 0.15) is 31.7 Å². The van der Waals surface area contributed by atoms with Crippen molar-refractivity contribution in [2.45, 2.75) is 38.8 Å². The average molecular weight is 507 g/mol. The molecule has 1 fully saturated rings. The number of guanidine groups is 1. The summed E-state index contributed by atoms with van der Waals surface area (Å²) in [6.07, 6.45) is 3.26. The van der Waals surface area contributed by atoms with E-state index in [1.165, 1.54) is 0 Å². The maximum Gasteiger partial charge on any atom is 0.194 e. The first kappa shape index (κ1) is 24.8. The van der Waals surface area contributed by atoms with Crippen LogP contribution in [0.15, 0.2) is 23.2 Å². The van der Waals surface area contributed by atoms with Crippen LogP contribution in [-0.2, 0) is 16.0 Å². The Balaban J connectivity index is 0.00000392. The summed E-state index contributed by atoms with van der Waals surface area (Å²) >= 11 is 0. The number of piperidine rings is 1. The molecule has 2 N–H and O–H groups in total. The number of likely N-dealkylation sites (tertiary alicyclic amines) is 1. The monoisotopic (exact) mass is 507 g/mol. The highest BCUT2D eigenvalue weighted by Gasteiger charge is 2.21. The highest BCUT2D eigenvalue weighted by atomic mass is 127. The van der Waals surface area contributed by atoms with E-state index in [0.717, 1.165) is 63.6 Å². The van der Waals surface area contributed by atoms with Crippen LogP contribution in [0.5, 0.6) is 11.5 Å². The van der Waals surface area contributed by atoms with Gasteiger partial charge in [0.15, 0.2) is 17.5 Å². The summed E-state index contributed by atoms with van der Waals surface area (Å²) in [4.78, 5) is 7.02. The van der Waals surface area contributed by atoms with Crippen LogP contribution >= 0.6 is 24.0 Å². The summed E-state index contributed by atoms with van der Waals surface area (Å²) in [6, 6.07) is 5.39. The smallest absolute Gasteiger partial charge is 0.194 e. The van der Waals surface area contributed by atoms with Gasteiger partial charge in [-0.3, -0.25) is 0 Å². The van der Waals surface area contributed by atoms with Gasteiger partial charge in [-0.1, -0.05) is 6.07 Å². The molecule has 1 aliphatic heterocycles. The second-order valence-corrected chi connectivity index (χ2v) is 6.58. The fourth-order valence-corrected chi connectivity index (χ4v) is 3.11. The van der Waals surface area contributed by atoms with Gasteiger partial charge in [0.2, 0.25) is 0 Å². The van der Waals surface area contributed by atoms with Gasteiger partial charge in [0.25, 0.3) is 0 Å². The number of phenolic OH excluding ortho intramolecular Hbond substituents is 1. The van der Waals surface area contributed by atoms with E-state index in [1.807, 2.05) is 6.07 Å². The molecule has 160 valence electrons. The maximum absolute atomic E-state index is 9.92. The van der Waals surface area contributed by atoms with Gasteiger partial charge in [0.05, 0.1) is 19.8 Å². The molecular formula is C20H34IN3O4. The number of hydrogen-bond donors (Lipinski definition) is 2. The minimum atomic E-state index is 0. The third kappa shape index (κ3) is 8.00. The predicted octanol–water partition coefficient (Wildman–Crippen LogP) is 3.00. The maximum atomic E-state index is 9.92. The number of rotatable bonds is 9. The first-order chi connectivity index (χ1) is 13.2. The minimum Gasteiger partial charge on any atom is -0.504 e. The molecular weight excluding hydrogens is 473 g/mol. The average Bonchev–Trinajstić information content (AvgIpc) is 2.69. The van der Waals surface area contributed by atoms with Crippen molar-refractivity contribution in [3.8, 4) is 11.5 Å². The Labute approximate surface area is 185 Å². The number of phenols is 1. The molecule has 0 aliphatic carbocycles. The van der Waals surface area contributed by atoms with Gasteiger partial charge in [-0.2, -0.15) is 0 Å². The van der Waals surface area contributed by atoms with E-state index in [4.69, 9.17) is 19.2 Å². The Kier molecular flexibility index (Phi) is 12.2. The molecule has 0 aromatic heterocycles. The molecule has 0 bridgehead atoms. The normalized spacial score (nSPS) is 15.2. The first-order valence-electron chi connectivity index (χ1n) is 9.67. The number of halogens is 1. The lowest BCUT2D eigenvalue weighted by molar-refractivity contribution is 0.00990. The molecule has 7 nitrogen and oxygen atoms in total. The Morgan fingerprint density at radius 2 is 2.00 bits per heavy atom. The fraction of sp³-hybridized carbons (Fsp3) is 0.650. The number of benzene rings is 1. The molecule has 0 atom stereocenters. The largest absolute Gasteiger partial charge is 0.504 e. The van der Waals surface area contributed by atoms with Crippen LogP contribution in [0, 0.1) is 0 Å². The van der Waals surface area contributed by atoms with Crippen molar-refractivity contribution < 1.29 is 19.3 Å². The summed E-state index contributed by atoms with van der Waals surface area (Å²) in [5, 5.41) is 13.3. The Bertz CT molecular complexity index is 593. The lowest BCUT2D eigenvalue weighted by Gasteiger charge is -2.34. The molecule has 2 rings (SSSR count). The number of methoxy groups -OCH3 is 2. The quantitative estimate of drug-likeness (QED) is 0.232. The van der Waals surface area contributed by atoms with Gasteiger partial charge < -0.3 is 29.5 Å². The van der Waals surface area contributed by atoms with E-state index >= 15 is 0 Å². The van der Waals surface area contributed by atoms with Crippen LogP contribution in [0.4, 0.5) is 0 Å². The summed E-state index contributed by atoms with van der Waals surface area (Å²) in [7, 11) is 3.26. The summed E-state index contributed by atoms with van der Waals surface area (Å²) < 4.78 is 16.1. The van der Waals surface area contributed by atoms with Crippen molar-refractivity contribution in [3.63, 3.8) is 0 Å². The molecule has 1 aromatic rings.